The molecule has 0 unspecified atom stereocenters. The second-order valence-corrected chi connectivity index (χ2v) is 4.58. The van der Waals surface area contributed by atoms with Crippen LogP contribution in [-0.4, -0.2) is 17.0 Å². The number of ether oxygens (including phenoxy) is 2. The van der Waals surface area contributed by atoms with Crippen molar-refractivity contribution in [2.24, 2.45) is 0 Å². The van der Waals surface area contributed by atoms with Crippen LogP contribution in [0.5, 0.6) is 5.75 Å². The lowest BCUT2D eigenvalue weighted by Crippen LogP contribution is -2.47. The third-order valence-corrected chi connectivity index (χ3v) is 3.17. The standard InChI is InChI=1S/C12H14O3/c1-12-6-10(14-11(13)7-12)8-4-2-3-5-9(8)15-12/h2-5,10-11,13H,6-7H2,1H3/t10-,11+,12+/m0/s1. The molecule has 3 rings (SSSR count). The van der Waals surface area contributed by atoms with Gasteiger partial charge in [0.25, 0.3) is 0 Å². The first-order valence-corrected chi connectivity index (χ1v) is 5.28. The van der Waals surface area contributed by atoms with Crippen LogP contribution in [0.1, 0.15) is 31.4 Å². The molecule has 0 aliphatic carbocycles. The lowest BCUT2D eigenvalue weighted by atomic mass is 9.85. The SMILES string of the molecule is C[C@@]12C[C@H](O[C@@H](O)C1)c1ccccc1O2. The van der Waals surface area contributed by atoms with Gasteiger partial charge in [-0.25, -0.2) is 0 Å². The molecule has 3 nitrogen and oxygen atoms in total. The monoisotopic (exact) mass is 206 g/mol. The van der Waals surface area contributed by atoms with Gasteiger partial charge >= 0.3 is 0 Å². The normalized spacial score (nSPS) is 38.0. The van der Waals surface area contributed by atoms with Crippen LogP contribution in [0.25, 0.3) is 0 Å². The fourth-order valence-electron chi connectivity index (χ4n) is 2.50. The molecule has 0 saturated carbocycles. The highest BCUT2D eigenvalue weighted by Crippen LogP contribution is 2.46. The van der Waals surface area contributed by atoms with E-state index < -0.39 is 6.29 Å². The number of fused-ring (bicyclic) bond motifs is 4. The van der Waals surface area contributed by atoms with Crippen molar-refractivity contribution < 1.29 is 14.6 Å². The Labute approximate surface area is 88.6 Å². The predicted octanol–water partition coefficient (Wildman–Crippen LogP) is 2.01. The Morgan fingerprint density at radius 1 is 1.33 bits per heavy atom. The highest BCUT2D eigenvalue weighted by Gasteiger charge is 2.44. The molecule has 1 saturated heterocycles. The summed E-state index contributed by atoms with van der Waals surface area (Å²) in [6.07, 6.45) is 0.629. The molecule has 2 heterocycles. The summed E-state index contributed by atoms with van der Waals surface area (Å²) in [5.74, 6) is 0.892. The number of aliphatic hydroxyl groups excluding tert-OH is 1. The van der Waals surface area contributed by atoms with Crippen LogP contribution in [0.4, 0.5) is 0 Å². The van der Waals surface area contributed by atoms with Crippen LogP contribution >= 0.6 is 0 Å². The second-order valence-electron chi connectivity index (χ2n) is 4.58. The van der Waals surface area contributed by atoms with Gasteiger partial charge in [0.1, 0.15) is 11.4 Å². The second kappa shape index (κ2) is 2.97. The zero-order valence-electron chi connectivity index (χ0n) is 8.64. The maximum atomic E-state index is 9.60. The van der Waals surface area contributed by atoms with Gasteiger partial charge in [0.2, 0.25) is 0 Å². The molecule has 2 aliphatic heterocycles. The van der Waals surface area contributed by atoms with E-state index in [2.05, 4.69) is 0 Å². The number of benzene rings is 1. The lowest BCUT2D eigenvalue weighted by molar-refractivity contribution is -0.220. The van der Waals surface area contributed by atoms with E-state index >= 15 is 0 Å². The predicted molar refractivity (Wildman–Crippen MR) is 54.5 cm³/mol. The average Bonchev–Trinajstić information content (AvgIpc) is 2.15. The highest BCUT2D eigenvalue weighted by molar-refractivity contribution is 5.38. The molecular weight excluding hydrogens is 192 g/mol. The van der Waals surface area contributed by atoms with Crippen molar-refractivity contribution in [1.29, 1.82) is 0 Å². The summed E-state index contributed by atoms with van der Waals surface area (Å²) in [5, 5.41) is 9.60. The van der Waals surface area contributed by atoms with Crippen molar-refractivity contribution in [2.75, 3.05) is 0 Å². The third-order valence-electron chi connectivity index (χ3n) is 3.17. The molecule has 1 fully saturated rings. The van der Waals surface area contributed by atoms with Gasteiger partial charge in [-0.1, -0.05) is 18.2 Å². The van der Waals surface area contributed by atoms with Crippen molar-refractivity contribution in [3.05, 3.63) is 29.8 Å². The van der Waals surface area contributed by atoms with Crippen LogP contribution in [-0.2, 0) is 4.74 Å². The maximum Gasteiger partial charge on any atom is 0.159 e. The van der Waals surface area contributed by atoms with E-state index in [1.807, 2.05) is 31.2 Å². The Morgan fingerprint density at radius 3 is 3.00 bits per heavy atom. The summed E-state index contributed by atoms with van der Waals surface area (Å²) in [4.78, 5) is 0. The topological polar surface area (TPSA) is 38.7 Å². The van der Waals surface area contributed by atoms with Crippen molar-refractivity contribution in [1.82, 2.24) is 0 Å². The van der Waals surface area contributed by atoms with Crippen molar-refractivity contribution in [3.63, 3.8) is 0 Å². The van der Waals surface area contributed by atoms with Gasteiger partial charge in [-0.2, -0.15) is 0 Å². The van der Waals surface area contributed by atoms with E-state index in [1.54, 1.807) is 0 Å². The van der Waals surface area contributed by atoms with Gasteiger partial charge < -0.3 is 14.6 Å². The largest absolute Gasteiger partial charge is 0.487 e. The molecule has 0 amide bonds. The van der Waals surface area contributed by atoms with Gasteiger partial charge in [-0.15, -0.1) is 0 Å². The molecule has 15 heavy (non-hydrogen) atoms. The summed E-state index contributed by atoms with van der Waals surface area (Å²) < 4.78 is 11.4. The van der Waals surface area contributed by atoms with Crippen LogP contribution in [0, 0.1) is 0 Å². The molecule has 3 heteroatoms. The highest BCUT2D eigenvalue weighted by atomic mass is 16.6. The quantitative estimate of drug-likeness (QED) is 0.705. The molecule has 1 aromatic rings. The summed E-state index contributed by atoms with van der Waals surface area (Å²) in [6.45, 7) is 2.03. The number of hydrogen-bond acceptors (Lipinski definition) is 3. The minimum absolute atomic E-state index is 0.0244. The van der Waals surface area contributed by atoms with Crippen LogP contribution in [0.2, 0.25) is 0 Å². The molecule has 3 atom stereocenters. The molecule has 1 aromatic carbocycles. The zero-order valence-corrected chi connectivity index (χ0v) is 8.64. The first-order chi connectivity index (χ1) is 7.16. The minimum atomic E-state index is -0.706. The lowest BCUT2D eigenvalue weighted by Gasteiger charge is -2.45. The van der Waals surface area contributed by atoms with E-state index in [9.17, 15) is 5.11 Å². The van der Waals surface area contributed by atoms with Crippen LogP contribution in [0.3, 0.4) is 0 Å². The van der Waals surface area contributed by atoms with Gasteiger partial charge in [-0.3, -0.25) is 0 Å². The van der Waals surface area contributed by atoms with Crippen LogP contribution in [0.15, 0.2) is 24.3 Å². The van der Waals surface area contributed by atoms with E-state index in [0.717, 1.165) is 17.7 Å². The minimum Gasteiger partial charge on any atom is -0.487 e. The molecule has 1 N–H and O–H groups in total. The van der Waals surface area contributed by atoms with Crippen LogP contribution < -0.4 is 4.74 Å². The smallest absolute Gasteiger partial charge is 0.159 e. The fourth-order valence-corrected chi connectivity index (χ4v) is 2.50. The Hall–Kier alpha value is -1.06. The number of para-hydroxylation sites is 1. The fraction of sp³-hybridized carbons (Fsp3) is 0.500. The molecule has 0 spiro atoms. The summed E-state index contributed by atoms with van der Waals surface area (Å²) in [5.41, 5.74) is 0.769. The Balaban J connectivity index is 2.06. The Bertz CT molecular complexity index is 390. The zero-order chi connectivity index (χ0) is 10.5. The maximum absolute atomic E-state index is 9.60. The van der Waals surface area contributed by atoms with Gasteiger partial charge in [0.15, 0.2) is 6.29 Å². The van der Waals surface area contributed by atoms with Crippen molar-refractivity contribution in [3.8, 4) is 5.75 Å². The molecule has 0 radical (unpaired) electrons. The van der Waals surface area contributed by atoms with E-state index in [4.69, 9.17) is 9.47 Å². The molecule has 80 valence electrons. The first kappa shape index (κ1) is 9.19. The van der Waals surface area contributed by atoms with E-state index in [1.165, 1.54) is 0 Å². The Morgan fingerprint density at radius 2 is 2.13 bits per heavy atom. The van der Waals surface area contributed by atoms with Crippen molar-refractivity contribution >= 4 is 0 Å². The first-order valence-electron chi connectivity index (χ1n) is 5.28. The molecule has 0 aromatic heterocycles. The summed E-state index contributed by atoms with van der Waals surface area (Å²) >= 11 is 0. The van der Waals surface area contributed by atoms with Gasteiger partial charge in [0, 0.05) is 18.4 Å². The van der Waals surface area contributed by atoms with Gasteiger partial charge in [0.05, 0.1) is 6.10 Å². The van der Waals surface area contributed by atoms with E-state index in [-0.39, 0.29) is 11.7 Å². The summed E-state index contributed by atoms with van der Waals surface area (Å²) in [6, 6.07) is 7.88. The molecule has 2 aliphatic rings. The Kier molecular flexibility index (Phi) is 1.82. The average molecular weight is 206 g/mol. The van der Waals surface area contributed by atoms with Gasteiger partial charge in [-0.05, 0) is 13.0 Å². The third kappa shape index (κ3) is 1.43. The molecular formula is C12H14O3. The van der Waals surface area contributed by atoms with Crippen molar-refractivity contribution in [2.45, 2.75) is 37.8 Å². The summed E-state index contributed by atoms with van der Waals surface area (Å²) in [7, 11) is 0. The number of hydrogen-bond donors (Lipinski definition) is 1. The molecule has 2 bridgehead atoms. The number of aliphatic hydroxyl groups is 1. The number of rotatable bonds is 0. The van der Waals surface area contributed by atoms with E-state index in [0.29, 0.717) is 6.42 Å².